The lowest BCUT2D eigenvalue weighted by molar-refractivity contribution is 0.116. The van der Waals surface area contributed by atoms with Crippen LogP contribution in [0.5, 0.6) is 0 Å². The predicted octanol–water partition coefficient (Wildman–Crippen LogP) is 3.92. The molecule has 5 rings (SSSR count). The number of halogens is 2. The molecule has 3 aromatic heterocycles. The van der Waals surface area contributed by atoms with Gasteiger partial charge in [0, 0.05) is 22.8 Å². The third kappa shape index (κ3) is 4.30. The summed E-state index contributed by atoms with van der Waals surface area (Å²) < 4.78 is 42.1. The number of imidazole rings is 1. The highest BCUT2D eigenvalue weighted by atomic mass is 32.2. The topological polar surface area (TPSA) is 101 Å². The van der Waals surface area contributed by atoms with Crippen molar-refractivity contribution >= 4 is 23.3 Å². The zero-order chi connectivity index (χ0) is 23.2. The first-order valence-corrected chi connectivity index (χ1v) is 11.5. The van der Waals surface area contributed by atoms with Crippen LogP contribution in [0.25, 0.3) is 17.2 Å². The fourth-order valence-electron chi connectivity index (χ4n) is 3.60. The van der Waals surface area contributed by atoms with Crippen LogP contribution in [0.15, 0.2) is 39.7 Å². The van der Waals surface area contributed by atoms with Crippen LogP contribution in [-0.4, -0.2) is 49.5 Å². The van der Waals surface area contributed by atoms with Gasteiger partial charge in [0.1, 0.15) is 24.7 Å². The van der Waals surface area contributed by atoms with E-state index in [-0.39, 0.29) is 24.1 Å². The molecule has 0 bridgehead atoms. The Hall–Kier alpha value is -2.70. The van der Waals surface area contributed by atoms with E-state index >= 15 is 0 Å². The molecule has 0 aromatic carbocycles. The second kappa shape index (κ2) is 8.58. The van der Waals surface area contributed by atoms with Crippen LogP contribution in [0.4, 0.5) is 14.5 Å². The molecular weight excluding hydrogens is 454 g/mol. The minimum atomic E-state index is -2.85. The van der Waals surface area contributed by atoms with E-state index in [1.54, 1.807) is 10.6 Å². The zero-order valence-electron chi connectivity index (χ0n) is 18.2. The molecule has 1 saturated carbocycles. The largest absolute Gasteiger partial charge is 0.492 e. The monoisotopic (exact) mass is 478 g/mol. The van der Waals surface area contributed by atoms with E-state index in [9.17, 15) is 13.9 Å². The van der Waals surface area contributed by atoms with Crippen LogP contribution in [0, 0.1) is 0 Å². The summed E-state index contributed by atoms with van der Waals surface area (Å²) in [5.41, 5.74) is 1.91. The number of hydrogen-bond donors (Lipinski definition) is 2. The molecule has 1 aliphatic heterocycles. The van der Waals surface area contributed by atoms with Crippen molar-refractivity contribution in [1.29, 1.82) is 0 Å². The minimum Gasteiger partial charge on any atom is -0.492 e. The molecule has 2 aliphatic rings. The van der Waals surface area contributed by atoms with E-state index in [1.807, 2.05) is 17.2 Å². The number of hydrogen-bond acceptors (Lipinski definition) is 9. The van der Waals surface area contributed by atoms with Crippen molar-refractivity contribution < 1.29 is 23.0 Å². The Bertz CT molecular complexity index is 1190. The minimum absolute atomic E-state index is 0.0337. The first kappa shape index (κ1) is 22.1. The molecule has 3 aromatic rings. The van der Waals surface area contributed by atoms with Crippen LogP contribution >= 0.6 is 11.9 Å². The lowest BCUT2D eigenvalue weighted by Gasteiger charge is -2.35. The molecule has 12 heteroatoms. The van der Waals surface area contributed by atoms with Crippen LogP contribution in [0.2, 0.25) is 0 Å². The molecule has 9 nitrogen and oxygen atoms in total. The molecule has 33 heavy (non-hydrogen) atoms. The zero-order valence-corrected chi connectivity index (χ0v) is 19.0. The predicted molar refractivity (Wildman–Crippen MR) is 118 cm³/mol. The molecule has 1 unspecified atom stereocenters. The van der Waals surface area contributed by atoms with Crippen molar-refractivity contribution in [1.82, 2.24) is 24.3 Å². The third-order valence-electron chi connectivity index (χ3n) is 5.87. The number of nitrogens with zero attached hydrogens (tertiary/aromatic N) is 5. The van der Waals surface area contributed by atoms with Crippen molar-refractivity contribution in [2.24, 2.45) is 0 Å². The highest BCUT2D eigenvalue weighted by Crippen LogP contribution is 2.39. The van der Waals surface area contributed by atoms with Gasteiger partial charge in [-0.05, 0) is 44.2 Å². The molecule has 4 heterocycles. The number of pyridine rings is 1. The van der Waals surface area contributed by atoms with Gasteiger partial charge in [0.25, 0.3) is 11.8 Å². The van der Waals surface area contributed by atoms with E-state index in [0.717, 1.165) is 29.8 Å². The van der Waals surface area contributed by atoms with Gasteiger partial charge in [0.2, 0.25) is 0 Å². The highest BCUT2D eigenvalue weighted by molar-refractivity contribution is 7.97. The SMILES string of the molecule is CCC1COC(CO)=CN1c1cc(SNC2(C)CC2)cn2c(-c3nnc(C(F)F)o3)cnc12. The molecule has 0 saturated heterocycles. The van der Waals surface area contributed by atoms with Crippen molar-refractivity contribution in [2.45, 2.75) is 56.0 Å². The molecule has 1 atom stereocenters. The number of aliphatic hydroxyl groups is 1. The summed E-state index contributed by atoms with van der Waals surface area (Å²) in [6.45, 7) is 4.44. The summed E-state index contributed by atoms with van der Waals surface area (Å²) in [5, 5.41) is 16.9. The van der Waals surface area contributed by atoms with Crippen molar-refractivity contribution in [3.05, 3.63) is 36.3 Å². The number of aromatic nitrogens is 4. The maximum atomic E-state index is 13.0. The number of alkyl halides is 2. The van der Waals surface area contributed by atoms with Gasteiger partial charge >= 0.3 is 6.43 Å². The number of aliphatic hydroxyl groups excluding tert-OH is 1. The number of rotatable bonds is 8. The van der Waals surface area contributed by atoms with Crippen molar-refractivity contribution in [2.75, 3.05) is 18.1 Å². The molecule has 176 valence electrons. The van der Waals surface area contributed by atoms with Gasteiger partial charge in [-0.3, -0.25) is 9.12 Å². The average molecular weight is 479 g/mol. The van der Waals surface area contributed by atoms with Gasteiger partial charge in [-0.2, -0.15) is 8.78 Å². The van der Waals surface area contributed by atoms with Crippen LogP contribution in [-0.2, 0) is 4.74 Å². The quantitative estimate of drug-likeness (QED) is 0.467. The Labute approximate surface area is 193 Å². The lowest BCUT2D eigenvalue weighted by Crippen LogP contribution is -2.38. The molecular formula is C21H24F2N6O3S. The van der Waals surface area contributed by atoms with Crippen LogP contribution in [0.3, 0.4) is 0 Å². The summed E-state index contributed by atoms with van der Waals surface area (Å²) in [7, 11) is 0. The van der Waals surface area contributed by atoms with Gasteiger partial charge in [0.15, 0.2) is 5.65 Å². The van der Waals surface area contributed by atoms with E-state index in [2.05, 4.69) is 33.8 Å². The number of nitrogens with one attached hydrogen (secondary N) is 1. The Morgan fingerprint density at radius 3 is 2.85 bits per heavy atom. The first-order valence-electron chi connectivity index (χ1n) is 10.7. The molecule has 2 N–H and O–H groups in total. The number of anilines is 1. The maximum Gasteiger partial charge on any atom is 0.314 e. The summed E-state index contributed by atoms with van der Waals surface area (Å²) in [6.07, 6.45) is 5.35. The fraction of sp³-hybridized carbons (Fsp3) is 0.476. The molecule has 0 spiro atoms. The standard InChI is InChI=1S/C21H24F2N6O3S/c1-3-12-11-31-13(10-30)8-28(12)15-6-14(33-27-21(2)4-5-21)9-29-16(7-24-18(15)29)19-25-26-20(32-19)17(22)23/h6-9,12,17,27,30H,3-5,10-11H2,1-2H3. The normalized spacial score (nSPS) is 19.8. The number of ether oxygens (including phenoxy) is 1. The van der Waals surface area contributed by atoms with E-state index < -0.39 is 12.3 Å². The smallest absolute Gasteiger partial charge is 0.314 e. The molecule has 1 aliphatic carbocycles. The van der Waals surface area contributed by atoms with Gasteiger partial charge in [-0.15, -0.1) is 10.2 Å². The van der Waals surface area contributed by atoms with Gasteiger partial charge in [-0.1, -0.05) is 6.92 Å². The van der Waals surface area contributed by atoms with Gasteiger partial charge < -0.3 is 19.2 Å². The molecule has 1 fully saturated rings. The van der Waals surface area contributed by atoms with Gasteiger partial charge in [-0.25, -0.2) is 4.98 Å². The Balaban J connectivity index is 1.63. The van der Waals surface area contributed by atoms with E-state index in [1.165, 1.54) is 18.1 Å². The fourth-order valence-corrected chi connectivity index (χ4v) is 4.49. The summed E-state index contributed by atoms with van der Waals surface area (Å²) in [5.74, 6) is -0.304. The maximum absolute atomic E-state index is 13.0. The Kier molecular flexibility index (Phi) is 5.75. The second-order valence-corrected chi connectivity index (χ2v) is 9.32. The van der Waals surface area contributed by atoms with Gasteiger partial charge in [0.05, 0.1) is 17.9 Å². The van der Waals surface area contributed by atoms with Crippen molar-refractivity contribution in [3.63, 3.8) is 0 Å². The third-order valence-corrected chi connectivity index (χ3v) is 6.92. The highest BCUT2D eigenvalue weighted by Gasteiger charge is 2.37. The van der Waals surface area contributed by atoms with Crippen molar-refractivity contribution in [3.8, 4) is 11.6 Å². The van der Waals surface area contributed by atoms with Crippen LogP contribution < -0.4 is 9.62 Å². The lowest BCUT2D eigenvalue weighted by atomic mass is 10.1. The average Bonchev–Trinajstić information content (AvgIpc) is 3.20. The first-order chi connectivity index (χ1) is 15.9. The van der Waals surface area contributed by atoms with E-state index in [4.69, 9.17) is 9.15 Å². The second-order valence-electron chi connectivity index (χ2n) is 8.44. The van der Waals surface area contributed by atoms with Crippen LogP contribution in [0.1, 0.15) is 45.4 Å². The summed E-state index contributed by atoms with van der Waals surface area (Å²) in [6, 6.07) is 2.06. The van der Waals surface area contributed by atoms with E-state index in [0.29, 0.717) is 23.7 Å². The Morgan fingerprint density at radius 1 is 1.36 bits per heavy atom. The summed E-state index contributed by atoms with van der Waals surface area (Å²) >= 11 is 1.50. The Morgan fingerprint density at radius 2 is 2.18 bits per heavy atom. The molecule has 0 radical (unpaired) electrons. The molecule has 0 amide bonds. The number of fused-ring (bicyclic) bond motifs is 1. The summed E-state index contributed by atoms with van der Waals surface area (Å²) in [4.78, 5) is 7.50.